The average Bonchev–Trinajstić information content (AvgIpc) is 3.60. The molecule has 40 heavy (non-hydrogen) atoms. The Bertz CT molecular complexity index is 1440. The first-order chi connectivity index (χ1) is 19.2. The number of phenolic OH excluding ortho intramolecular Hbond substituents is 1. The summed E-state index contributed by atoms with van der Waals surface area (Å²) < 4.78 is 63.9. The molecular weight excluding hydrogens is 526 g/mol. The Kier molecular flexibility index (Phi) is 6.07. The minimum Gasteiger partial charge on any atom is -0.508 e. The third-order valence-corrected chi connectivity index (χ3v) is 9.39. The minimum atomic E-state index is -4.77. The fourth-order valence-corrected chi connectivity index (χ4v) is 7.53. The van der Waals surface area contributed by atoms with Crippen LogP contribution < -0.4 is 9.64 Å². The van der Waals surface area contributed by atoms with E-state index in [1.165, 1.54) is 6.20 Å². The Morgan fingerprint density at radius 3 is 2.48 bits per heavy atom. The number of nitrogens with zero attached hydrogens (tertiary/aromatic N) is 5. The van der Waals surface area contributed by atoms with Gasteiger partial charge >= 0.3 is 12.2 Å². The Hall–Kier alpha value is -3.21. The molecule has 4 fully saturated rings. The maximum atomic E-state index is 16.2. The van der Waals surface area contributed by atoms with Gasteiger partial charge in [0.15, 0.2) is 5.82 Å². The summed E-state index contributed by atoms with van der Waals surface area (Å²) in [7, 11) is 0. The third kappa shape index (κ3) is 4.33. The molecule has 0 amide bonds. The summed E-state index contributed by atoms with van der Waals surface area (Å²) in [5, 5.41) is 10.3. The summed E-state index contributed by atoms with van der Waals surface area (Å²) in [6.07, 6.45) is 4.25. The molecule has 1 aromatic carbocycles. The molecule has 3 aliphatic heterocycles. The van der Waals surface area contributed by atoms with Crippen molar-refractivity contribution in [1.29, 1.82) is 0 Å². The second-order valence-corrected chi connectivity index (χ2v) is 11.9. The van der Waals surface area contributed by atoms with Gasteiger partial charge in [0.25, 0.3) is 0 Å². The first-order valence-corrected chi connectivity index (χ1v) is 14.1. The molecule has 1 aliphatic carbocycles. The first kappa shape index (κ1) is 25.7. The van der Waals surface area contributed by atoms with Crippen molar-refractivity contribution >= 4 is 16.7 Å². The molecule has 5 heterocycles. The van der Waals surface area contributed by atoms with Gasteiger partial charge in [-0.15, -0.1) is 0 Å². The van der Waals surface area contributed by atoms with Crippen LogP contribution >= 0.6 is 0 Å². The number of rotatable bonds is 5. The number of pyridine rings is 1. The van der Waals surface area contributed by atoms with Crippen LogP contribution in [0, 0.1) is 17.7 Å². The lowest BCUT2D eigenvalue weighted by Gasteiger charge is -2.34. The second-order valence-electron chi connectivity index (χ2n) is 11.9. The van der Waals surface area contributed by atoms with Crippen molar-refractivity contribution in [2.75, 3.05) is 37.7 Å². The van der Waals surface area contributed by atoms with Crippen LogP contribution in [0.5, 0.6) is 11.8 Å². The zero-order chi connectivity index (χ0) is 27.6. The van der Waals surface area contributed by atoms with Crippen molar-refractivity contribution in [2.45, 2.75) is 56.7 Å². The quantitative estimate of drug-likeness (QED) is 0.398. The normalized spacial score (nSPS) is 24.1. The van der Waals surface area contributed by atoms with Crippen LogP contribution in [0.15, 0.2) is 24.4 Å². The Morgan fingerprint density at radius 2 is 1.77 bits per heavy atom. The number of halogens is 4. The van der Waals surface area contributed by atoms with Crippen LogP contribution in [-0.2, 0) is 6.18 Å². The molecule has 2 atom stereocenters. The number of aromatic hydroxyl groups is 1. The smallest absolute Gasteiger partial charge is 0.417 e. The molecule has 7 nitrogen and oxygen atoms in total. The molecule has 11 heteroatoms. The molecule has 0 radical (unpaired) electrons. The summed E-state index contributed by atoms with van der Waals surface area (Å²) in [6.45, 7) is 3.98. The standard InChI is InChI=1S/C29H31F4N5O2/c30-23-24(20-12-19(39)5-6-22(20)29(31,32)33)34-13-21-25(23)35-27(40-16-28-7-1-9-38(28)10-2-8-28)36-26(21)37-14-17-3-4-18(11-17)15-37/h5-6,12-13,17-18,39H,1-4,7-11,14-16H2. The van der Waals surface area contributed by atoms with Gasteiger partial charge in [0.05, 0.1) is 16.5 Å². The van der Waals surface area contributed by atoms with Gasteiger partial charge < -0.3 is 14.7 Å². The van der Waals surface area contributed by atoms with Gasteiger partial charge in [-0.2, -0.15) is 23.1 Å². The number of phenols is 1. The number of benzene rings is 1. The Labute approximate surface area is 229 Å². The molecule has 1 N–H and O–H groups in total. The SMILES string of the molecule is Oc1ccc(C(F)(F)F)c(-c2ncc3c(N4CC5CCC(C5)C4)nc(OCC45CCCN4CCC5)nc3c2F)c1. The number of hydrogen-bond donors (Lipinski definition) is 1. The van der Waals surface area contributed by atoms with E-state index >= 15 is 4.39 Å². The van der Waals surface area contributed by atoms with Gasteiger partial charge in [-0.1, -0.05) is 0 Å². The predicted octanol–water partition coefficient (Wildman–Crippen LogP) is 5.80. The molecule has 212 valence electrons. The van der Waals surface area contributed by atoms with Crippen molar-refractivity contribution < 1.29 is 27.4 Å². The van der Waals surface area contributed by atoms with E-state index in [0.717, 1.165) is 89.3 Å². The van der Waals surface area contributed by atoms with Crippen LogP contribution in [0.4, 0.5) is 23.4 Å². The average molecular weight is 558 g/mol. The van der Waals surface area contributed by atoms with E-state index < -0.39 is 34.6 Å². The molecule has 1 saturated carbocycles. The molecule has 2 aromatic heterocycles. The van der Waals surface area contributed by atoms with Crippen LogP contribution in [0.2, 0.25) is 0 Å². The van der Waals surface area contributed by atoms with Crippen LogP contribution in [0.25, 0.3) is 22.2 Å². The first-order valence-electron chi connectivity index (χ1n) is 14.1. The van der Waals surface area contributed by atoms with Crippen molar-refractivity contribution in [1.82, 2.24) is 19.9 Å². The van der Waals surface area contributed by atoms with E-state index in [2.05, 4.69) is 19.8 Å². The van der Waals surface area contributed by atoms with E-state index in [4.69, 9.17) is 9.72 Å². The van der Waals surface area contributed by atoms with Crippen LogP contribution in [-0.4, -0.2) is 63.3 Å². The van der Waals surface area contributed by atoms with Crippen LogP contribution in [0.1, 0.15) is 50.5 Å². The number of ether oxygens (including phenoxy) is 1. The summed E-state index contributed by atoms with van der Waals surface area (Å²) in [5.74, 6) is 0.141. The summed E-state index contributed by atoms with van der Waals surface area (Å²) in [4.78, 5) is 17.9. The lowest BCUT2D eigenvalue weighted by atomic mass is 9.95. The molecule has 2 unspecified atom stereocenters. The maximum absolute atomic E-state index is 16.2. The molecule has 0 spiro atoms. The highest BCUT2D eigenvalue weighted by molar-refractivity contribution is 5.92. The summed E-state index contributed by atoms with van der Waals surface area (Å²) in [5.41, 5.74) is -2.37. The molecule has 3 saturated heterocycles. The highest BCUT2D eigenvalue weighted by atomic mass is 19.4. The van der Waals surface area contributed by atoms with Gasteiger partial charge in [-0.25, -0.2) is 4.39 Å². The summed E-state index contributed by atoms with van der Waals surface area (Å²) in [6, 6.07) is 2.57. The van der Waals surface area contributed by atoms with E-state index in [1.807, 2.05) is 0 Å². The van der Waals surface area contributed by atoms with Gasteiger partial charge in [0.1, 0.15) is 29.4 Å². The molecular formula is C29H31F4N5O2. The monoisotopic (exact) mass is 557 g/mol. The maximum Gasteiger partial charge on any atom is 0.417 e. The number of anilines is 1. The lowest BCUT2D eigenvalue weighted by Crippen LogP contribution is -2.43. The Morgan fingerprint density at radius 1 is 1.05 bits per heavy atom. The molecule has 3 aromatic rings. The number of fused-ring (bicyclic) bond motifs is 4. The number of alkyl halides is 3. The number of piperidine rings is 1. The highest BCUT2D eigenvalue weighted by Crippen LogP contribution is 2.43. The van der Waals surface area contributed by atoms with Crippen molar-refractivity contribution in [3.05, 3.63) is 35.8 Å². The minimum absolute atomic E-state index is 0.0246. The van der Waals surface area contributed by atoms with Gasteiger partial charge in [-0.05, 0) is 88.1 Å². The second kappa shape index (κ2) is 9.43. The van der Waals surface area contributed by atoms with Gasteiger partial charge in [0.2, 0.25) is 0 Å². The summed E-state index contributed by atoms with van der Waals surface area (Å²) >= 11 is 0. The molecule has 2 bridgehead atoms. The third-order valence-electron chi connectivity index (χ3n) is 9.39. The lowest BCUT2D eigenvalue weighted by molar-refractivity contribution is -0.137. The fourth-order valence-electron chi connectivity index (χ4n) is 7.53. The van der Waals surface area contributed by atoms with E-state index in [9.17, 15) is 18.3 Å². The predicted molar refractivity (Wildman–Crippen MR) is 141 cm³/mol. The zero-order valence-electron chi connectivity index (χ0n) is 22.1. The van der Waals surface area contributed by atoms with E-state index in [-0.39, 0.29) is 17.1 Å². The largest absolute Gasteiger partial charge is 0.508 e. The van der Waals surface area contributed by atoms with Crippen molar-refractivity contribution in [2.24, 2.45) is 11.8 Å². The van der Waals surface area contributed by atoms with Gasteiger partial charge in [0, 0.05) is 24.8 Å². The van der Waals surface area contributed by atoms with Gasteiger partial charge in [-0.3, -0.25) is 9.88 Å². The fraction of sp³-hybridized carbons (Fsp3) is 0.552. The van der Waals surface area contributed by atoms with Crippen molar-refractivity contribution in [3.8, 4) is 23.0 Å². The topological polar surface area (TPSA) is 74.6 Å². The molecule has 4 aliphatic rings. The number of aromatic nitrogens is 3. The van der Waals surface area contributed by atoms with E-state index in [1.54, 1.807) is 0 Å². The highest BCUT2D eigenvalue weighted by Gasteiger charge is 2.45. The zero-order valence-corrected chi connectivity index (χ0v) is 22.1. The molecule has 7 rings (SSSR count). The van der Waals surface area contributed by atoms with E-state index in [0.29, 0.717) is 29.6 Å². The Balaban J connectivity index is 1.34. The van der Waals surface area contributed by atoms with Crippen LogP contribution in [0.3, 0.4) is 0 Å². The van der Waals surface area contributed by atoms with Crippen molar-refractivity contribution in [3.63, 3.8) is 0 Å². The number of hydrogen-bond acceptors (Lipinski definition) is 7.